The van der Waals surface area contributed by atoms with E-state index in [4.69, 9.17) is 14.7 Å². The molecule has 8 rings (SSSR count). The molecule has 248 valence electrons. The number of nitriles is 1. The van der Waals surface area contributed by atoms with E-state index >= 15 is 4.39 Å². The van der Waals surface area contributed by atoms with Crippen molar-refractivity contribution in [2.45, 2.75) is 19.4 Å². The Hall–Kier alpha value is -5.77. The Morgan fingerprint density at radius 1 is 1.02 bits per heavy atom. The predicted octanol–water partition coefficient (Wildman–Crippen LogP) is 6.90. The second-order valence-corrected chi connectivity index (χ2v) is 13.3. The summed E-state index contributed by atoms with van der Waals surface area (Å²) in [5.74, 6) is -0.895. The molecule has 2 aliphatic heterocycles. The fourth-order valence-electron chi connectivity index (χ4n) is 6.25. The third-order valence-corrected chi connectivity index (χ3v) is 9.98. The van der Waals surface area contributed by atoms with Gasteiger partial charge in [0.1, 0.15) is 22.9 Å². The van der Waals surface area contributed by atoms with Gasteiger partial charge >= 0.3 is 0 Å². The Balaban J connectivity index is 0.999. The number of Topliss-reactive ketones (excluding diaryl/α,β-unsaturated/α-hetero) is 1. The minimum atomic E-state index is -0.671. The Bertz CT molecular complexity index is 2380. The third-order valence-electron chi connectivity index (χ3n) is 8.82. The van der Waals surface area contributed by atoms with Crippen molar-refractivity contribution in [1.82, 2.24) is 19.4 Å². The molecule has 12 heteroatoms. The predicted molar refractivity (Wildman–Crippen MR) is 183 cm³/mol. The van der Waals surface area contributed by atoms with Gasteiger partial charge in [0, 0.05) is 68.4 Å². The minimum Gasteiger partial charge on any atom is -0.492 e. The quantitative estimate of drug-likeness (QED) is 0.151. The highest BCUT2D eigenvalue weighted by Gasteiger charge is 2.28. The lowest BCUT2D eigenvalue weighted by molar-refractivity contribution is 0.0988. The fourth-order valence-corrected chi connectivity index (χ4v) is 7.29. The first-order valence-electron chi connectivity index (χ1n) is 16.0. The van der Waals surface area contributed by atoms with Crippen LogP contribution in [0.15, 0.2) is 90.1 Å². The van der Waals surface area contributed by atoms with Crippen molar-refractivity contribution in [2.75, 3.05) is 19.7 Å². The number of likely N-dealkylation sites (tertiary alicyclic amines) is 1. The zero-order valence-electron chi connectivity index (χ0n) is 26.4. The van der Waals surface area contributed by atoms with Crippen LogP contribution in [0.2, 0.25) is 0 Å². The number of rotatable bonds is 9. The Morgan fingerprint density at radius 2 is 1.84 bits per heavy atom. The molecule has 0 N–H and O–H groups in total. The van der Waals surface area contributed by atoms with E-state index in [0.717, 1.165) is 40.5 Å². The number of ether oxygens (including phenoxy) is 2. The Kier molecular flexibility index (Phi) is 8.14. The number of aromatic nitrogens is 3. The summed E-state index contributed by atoms with van der Waals surface area (Å²) in [6.45, 7) is 2.62. The largest absolute Gasteiger partial charge is 0.492 e. The number of thiophene rings is 1. The normalized spacial score (nSPS) is 14.2. The van der Waals surface area contributed by atoms with Gasteiger partial charge in [-0.15, -0.1) is 11.3 Å². The number of carbonyl (C=O) groups excluding carboxylic acids is 1. The maximum Gasteiger partial charge on any atom is 0.269 e. The first kappa shape index (κ1) is 31.5. The summed E-state index contributed by atoms with van der Waals surface area (Å²) in [5.41, 5.74) is 3.28. The lowest BCUT2D eigenvalue weighted by Crippen LogP contribution is -2.45. The number of nitrogens with zero attached hydrogens (tertiary/aromatic N) is 5. The van der Waals surface area contributed by atoms with E-state index in [1.807, 2.05) is 24.4 Å². The molecule has 2 aliphatic rings. The van der Waals surface area contributed by atoms with E-state index in [1.54, 1.807) is 24.5 Å². The van der Waals surface area contributed by atoms with Gasteiger partial charge < -0.3 is 9.47 Å². The van der Waals surface area contributed by atoms with Gasteiger partial charge in [-0.25, -0.2) is 8.78 Å². The summed E-state index contributed by atoms with van der Waals surface area (Å²) in [5, 5.41) is 9.00. The fraction of sp³-hybridized carbons (Fsp3) is 0.184. The number of hydrogen-bond donors (Lipinski definition) is 0. The van der Waals surface area contributed by atoms with Gasteiger partial charge in [-0.1, -0.05) is 12.1 Å². The van der Waals surface area contributed by atoms with Crippen LogP contribution in [0.5, 0.6) is 17.2 Å². The number of pyridine rings is 3. The first-order valence-corrected chi connectivity index (χ1v) is 16.8. The van der Waals surface area contributed by atoms with Crippen LogP contribution in [0.3, 0.4) is 0 Å². The molecule has 0 atom stereocenters. The summed E-state index contributed by atoms with van der Waals surface area (Å²) in [4.78, 5) is 39.3. The Morgan fingerprint density at radius 3 is 2.60 bits per heavy atom. The van der Waals surface area contributed by atoms with Crippen LogP contribution in [0.4, 0.5) is 8.78 Å². The average molecular weight is 688 g/mol. The van der Waals surface area contributed by atoms with E-state index in [1.165, 1.54) is 52.3 Å². The van der Waals surface area contributed by atoms with Crippen LogP contribution in [0, 0.1) is 28.9 Å². The number of ketones is 1. The van der Waals surface area contributed by atoms with Gasteiger partial charge in [-0.2, -0.15) is 5.26 Å². The highest BCUT2D eigenvalue weighted by molar-refractivity contribution is 7.22. The van der Waals surface area contributed by atoms with Gasteiger partial charge in [0.2, 0.25) is 0 Å². The molecule has 0 radical (unpaired) electrons. The van der Waals surface area contributed by atoms with Crippen molar-refractivity contribution < 1.29 is 23.0 Å². The van der Waals surface area contributed by atoms with Crippen LogP contribution in [-0.2, 0) is 19.4 Å². The molecular weight excluding hydrogens is 661 g/mol. The van der Waals surface area contributed by atoms with Crippen LogP contribution in [0.25, 0.3) is 26.5 Å². The maximum absolute atomic E-state index is 15.5. The van der Waals surface area contributed by atoms with E-state index in [9.17, 15) is 14.0 Å². The van der Waals surface area contributed by atoms with Gasteiger partial charge in [0.25, 0.3) is 5.56 Å². The van der Waals surface area contributed by atoms with Gasteiger partial charge in [-0.3, -0.25) is 29.0 Å². The average Bonchev–Trinajstić information content (AvgIpc) is 3.76. The first-order chi connectivity index (χ1) is 24.3. The number of fused-ring (bicyclic) bond motifs is 2. The summed E-state index contributed by atoms with van der Waals surface area (Å²) < 4.78 is 42.8. The smallest absolute Gasteiger partial charge is 0.269 e. The van der Waals surface area contributed by atoms with Crippen molar-refractivity contribution in [3.63, 3.8) is 0 Å². The van der Waals surface area contributed by atoms with Crippen LogP contribution in [-0.4, -0.2) is 44.9 Å². The molecule has 0 bridgehead atoms. The second kappa shape index (κ2) is 12.9. The molecule has 0 spiro atoms. The maximum atomic E-state index is 15.5. The molecule has 1 saturated heterocycles. The van der Waals surface area contributed by atoms with Gasteiger partial charge in [-0.05, 0) is 59.7 Å². The zero-order chi connectivity index (χ0) is 34.4. The van der Waals surface area contributed by atoms with E-state index < -0.39 is 23.0 Å². The molecule has 6 heterocycles. The molecule has 0 unspecified atom stereocenters. The van der Waals surface area contributed by atoms with E-state index in [-0.39, 0.29) is 29.4 Å². The summed E-state index contributed by atoms with van der Waals surface area (Å²) in [6.07, 6.45) is 5.32. The molecule has 4 aromatic heterocycles. The minimum absolute atomic E-state index is 0.0293. The lowest BCUT2D eigenvalue weighted by Gasteiger charge is -2.35. The molecule has 0 saturated carbocycles. The highest BCUT2D eigenvalue weighted by Crippen LogP contribution is 2.39. The molecule has 9 nitrogen and oxygen atoms in total. The van der Waals surface area contributed by atoms with E-state index in [0.29, 0.717) is 41.1 Å². The van der Waals surface area contributed by atoms with Crippen LogP contribution >= 0.6 is 11.3 Å². The molecule has 1 fully saturated rings. The highest BCUT2D eigenvalue weighted by atomic mass is 32.1. The summed E-state index contributed by atoms with van der Waals surface area (Å²) in [7, 11) is 0. The van der Waals surface area contributed by atoms with Crippen molar-refractivity contribution in [1.29, 1.82) is 5.26 Å². The topological polar surface area (TPSA) is 110 Å². The van der Waals surface area contributed by atoms with Crippen LogP contribution < -0.4 is 15.0 Å². The van der Waals surface area contributed by atoms with Crippen LogP contribution in [0.1, 0.15) is 27.0 Å². The third kappa shape index (κ3) is 6.02. The number of benzene rings is 2. The monoisotopic (exact) mass is 687 g/mol. The van der Waals surface area contributed by atoms with Gasteiger partial charge in [0.05, 0.1) is 39.4 Å². The van der Waals surface area contributed by atoms with Crippen molar-refractivity contribution >= 4 is 27.3 Å². The zero-order valence-corrected chi connectivity index (χ0v) is 27.3. The van der Waals surface area contributed by atoms with Crippen molar-refractivity contribution in [3.8, 4) is 39.6 Å². The number of carbonyl (C=O) groups is 1. The molecule has 6 aromatic rings. The van der Waals surface area contributed by atoms with Crippen molar-refractivity contribution in [2.24, 2.45) is 5.92 Å². The summed E-state index contributed by atoms with van der Waals surface area (Å²) in [6, 6.07) is 19.5. The van der Waals surface area contributed by atoms with E-state index in [2.05, 4.69) is 20.9 Å². The lowest BCUT2D eigenvalue weighted by atomic mass is 10.0. The summed E-state index contributed by atoms with van der Waals surface area (Å²) >= 11 is 1.44. The molecule has 50 heavy (non-hydrogen) atoms. The number of hydrogen-bond acceptors (Lipinski definition) is 9. The molecular formula is C38H27F2N5O4S. The van der Waals surface area contributed by atoms with Gasteiger partial charge in [0.15, 0.2) is 17.3 Å². The molecule has 0 aliphatic carbocycles. The standard InChI is InChI=1S/C38H27F2N5O4S/c39-26-3-5-27(6-4-26)45-21-25-10-12-48-36(25)35(38(45)47)31(46)14-22-2-8-32(28(40)13-22)49-33-9-11-42-30-15-34(50-37(30)33)29-7-1-23(17-43-29)18-44-19-24(16-41)20-44/h1-9,11,13,15,17,21,24H,10,12,14,18-20H2. The molecule has 2 aromatic carbocycles. The second-order valence-electron chi connectivity index (χ2n) is 12.3. The molecule has 0 amide bonds. The number of halogens is 2. The van der Waals surface area contributed by atoms with Crippen molar-refractivity contribution in [3.05, 3.63) is 130 Å². The Labute approximate surface area is 288 Å². The SMILES string of the molecule is N#CC1CN(Cc2ccc(-c3cc4nccc(Oc5ccc(CC(=O)c6c7c(cn(-c8ccc(F)cc8)c6=O)CCO7)cc5F)c4s3)nc2)C1.